The fraction of sp³-hybridized carbons (Fsp3) is 0.357. The molecule has 0 bridgehead atoms. The molecule has 0 N–H and O–H groups in total. The summed E-state index contributed by atoms with van der Waals surface area (Å²) in [5.41, 5.74) is 0.883. The molecule has 1 amide bonds. The van der Waals surface area contributed by atoms with Crippen LogP contribution in [0.15, 0.2) is 18.2 Å². The van der Waals surface area contributed by atoms with Gasteiger partial charge in [-0.3, -0.25) is 4.79 Å². The van der Waals surface area contributed by atoms with Crippen molar-refractivity contribution in [3.63, 3.8) is 0 Å². The lowest BCUT2D eigenvalue weighted by Crippen LogP contribution is -2.36. The van der Waals surface area contributed by atoms with Gasteiger partial charge in [-0.05, 0) is 30.7 Å². The number of amides is 1. The Labute approximate surface area is 111 Å². The van der Waals surface area contributed by atoms with Crippen LogP contribution in [-0.2, 0) is 19.7 Å². The smallest absolute Gasteiger partial charge is 0.337 e. The van der Waals surface area contributed by atoms with Crippen LogP contribution < -0.4 is 4.90 Å². The quantitative estimate of drug-likeness (QED) is 0.607. The van der Waals surface area contributed by atoms with Gasteiger partial charge in [0.25, 0.3) is 0 Å². The standard InChI is InChI=1S/C14H15NO4/c1-14(6-7-16)10-8-9(12(17)19-3)4-5-11(10)15(2)13(14)18/h4-5,7-8H,6H2,1-3H3. The van der Waals surface area contributed by atoms with Gasteiger partial charge in [-0.15, -0.1) is 0 Å². The van der Waals surface area contributed by atoms with E-state index in [9.17, 15) is 14.4 Å². The van der Waals surface area contributed by atoms with E-state index in [1.807, 2.05) is 0 Å². The Morgan fingerprint density at radius 2 is 2.16 bits per heavy atom. The van der Waals surface area contributed by atoms with Gasteiger partial charge in [-0.25, -0.2) is 4.79 Å². The molecular weight excluding hydrogens is 246 g/mol. The molecule has 19 heavy (non-hydrogen) atoms. The molecule has 0 fully saturated rings. The zero-order chi connectivity index (χ0) is 14.2. The Kier molecular flexibility index (Phi) is 3.14. The lowest BCUT2D eigenvalue weighted by Gasteiger charge is -2.20. The predicted octanol–water partition coefficient (Wildman–Crippen LogP) is 1.30. The summed E-state index contributed by atoms with van der Waals surface area (Å²) >= 11 is 0. The summed E-state index contributed by atoms with van der Waals surface area (Å²) < 4.78 is 4.67. The van der Waals surface area contributed by atoms with Gasteiger partial charge in [0.1, 0.15) is 6.29 Å². The predicted molar refractivity (Wildman–Crippen MR) is 69.2 cm³/mol. The number of anilines is 1. The maximum Gasteiger partial charge on any atom is 0.337 e. The molecule has 0 spiro atoms. The number of carbonyl (C=O) groups is 3. The van der Waals surface area contributed by atoms with Gasteiger partial charge < -0.3 is 14.4 Å². The topological polar surface area (TPSA) is 63.7 Å². The number of esters is 1. The molecule has 0 saturated heterocycles. The second-order valence-electron chi connectivity index (χ2n) is 4.79. The average molecular weight is 261 g/mol. The molecule has 1 aliphatic rings. The fourth-order valence-corrected chi connectivity index (χ4v) is 2.47. The van der Waals surface area contributed by atoms with E-state index in [4.69, 9.17) is 0 Å². The number of hydrogen-bond donors (Lipinski definition) is 0. The Morgan fingerprint density at radius 3 is 2.74 bits per heavy atom. The first-order valence-corrected chi connectivity index (χ1v) is 5.90. The molecule has 0 aromatic heterocycles. The second kappa shape index (κ2) is 4.50. The highest BCUT2D eigenvalue weighted by Gasteiger charge is 2.45. The summed E-state index contributed by atoms with van der Waals surface area (Å²) in [6, 6.07) is 4.95. The maximum absolute atomic E-state index is 12.3. The van der Waals surface area contributed by atoms with Crippen molar-refractivity contribution in [2.75, 3.05) is 19.1 Å². The molecule has 5 heteroatoms. The number of benzene rings is 1. The Hall–Kier alpha value is -2.17. The van der Waals surface area contributed by atoms with Crippen molar-refractivity contribution in [1.29, 1.82) is 0 Å². The van der Waals surface area contributed by atoms with Crippen LogP contribution in [0.2, 0.25) is 0 Å². The van der Waals surface area contributed by atoms with E-state index in [1.165, 1.54) is 12.0 Å². The van der Waals surface area contributed by atoms with Crippen LogP contribution in [0.1, 0.15) is 29.3 Å². The number of ether oxygens (including phenoxy) is 1. The van der Waals surface area contributed by atoms with Crippen LogP contribution in [0.25, 0.3) is 0 Å². The Bertz CT molecular complexity index is 567. The van der Waals surface area contributed by atoms with Gasteiger partial charge in [0.05, 0.1) is 18.1 Å². The minimum atomic E-state index is -0.907. The van der Waals surface area contributed by atoms with E-state index in [2.05, 4.69) is 4.74 Å². The molecule has 2 rings (SSSR count). The van der Waals surface area contributed by atoms with Crippen LogP contribution in [0.5, 0.6) is 0 Å². The van der Waals surface area contributed by atoms with E-state index in [1.54, 1.807) is 32.2 Å². The van der Waals surface area contributed by atoms with E-state index in [0.717, 1.165) is 12.0 Å². The molecule has 1 aromatic carbocycles. The van der Waals surface area contributed by atoms with Crippen molar-refractivity contribution in [2.24, 2.45) is 0 Å². The Morgan fingerprint density at radius 1 is 1.47 bits per heavy atom. The van der Waals surface area contributed by atoms with Crippen LogP contribution >= 0.6 is 0 Å². The van der Waals surface area contributed by atoms with Crippen molar-refractivity contribution >= 4 is 23.9 Å². The van der Waals surface area contributed by atoms with Crippen molar-refractivity contribution in [1.82, 2.24) is 0 Å². The number of aldehydes is 1. The molecule has 1 heterocycles. The first kappa shape index (κ1) is 13.3. The maximum atomic E-state index is 12.3. The first-order chi connectivity index (χ1) is 8.95. The van der Waals surface area contributed by atoms with Gasteiger partial charge in [-0.2, -0.15) is 0 Å². The van der Waals surface area contributed by atoms with Crippen molar-refractivity contribution in [3.05, 3.63) is 29.3 Å². The molecular formula is C14H15NO4. The van der Waals surface area contributed by atoms with Gasteiger partial charge in [0, 0.05) is 19.2 Å². The largest absolute Gasteiger partial charge is 0.465 e. The van der Waals surface area contributed by atoms with Crippen LogP contribution in [0, 0.1) is 0 Å². The lowest BCUT2D eigenvalue weighted by molar-refractivity contribution is -0.124. The third kappa shape index (κ3) is 1.82. The zero-order valence-corrected chi connectivity index (χ0v) is 11.1. The first-order valence-electron chi connectivity index (χ1n) is 5.90. The van der Waals surface area contributed by atoms with Crippen LogP contribution in [-0.4, -0.2) is 32.3 Å². The fourth-order valence-electron chi connectivity index (χ4n) is 2.47. The van der Waals surface area contributed by atoms with Gasteiger partial charge in [-0.1, -0.05) is 0 Å². The third-order valence-corrected chi connectivity index (χ3v) is 3.64. The number of fused-ring (bicyclic) bond motifs is 1. The van der Waals surface area contributed by atoms with Crippen LogP contribution in [0.4, 0.5) is 5.69 Å². The number of nitrogens with zero attached hydrogens (tertiary/aromatic N) is 1. The number of likely N-dealkylation sites (N-methyl/N-ethyl adjacent to an activating group) is 1. The molecule has 1 atom stereocenters. The van der Waals surface area contributed by atoms with Crippen molar-refractivity contribution in [2.45, 2.75) is 18.8 Å². The molecule has 0 aliphatic carbocycles. The van der Waals surface area contributed by atoms with Crippen LogP contribution in [0.3, 0.4) is 0 Å². The summed E-state index contributed by atoms with van der Waals surface area (Å²) in [6.45, 7) is 1.72. The zero-order valence-electron chi connectivity index (χ0n) is 11.1. The summed E-state index contributed by atoms with van der Waals surface area (Å²) in [4.78, 5) is 36.2. The van der Waals surface area contributed by atoms with E-state index < -0.39 is 11.4 Å². The number of methoxy groups -OCH3 is 1. The van der Waals surface area contributed by atoms with Gasteiger partial charge >= 0.3 is 5.97 Å². The molecule has 100 valence electrons. The SMILES string of the molecule is COC(=O)c1ccc2c(c1)C(C)(CC=O)C(=O)N2C. The minimum absolute atomic E-state index is 0.0911. The van der Waals surface area contributed by atoms with E-state index >= 15 is 0 Å². The van der Waals surface area contributed by atoms with Gasteiger partial charge in [0.2, 0.25) is 5.91 Å². The van der Waals surface area contributed by atoms with E-state index in [-0.39, 0.29) is 12.3 Å². The highest BCUT2D eigenvalue weighted by molar-refractivity contribution is 6.09. The molecule has 1 unspecified atom stereocenters. The molecule has 0 saturated carbocycles. The summed E-state index contributed by atoms with van der Waals surface area (Å²) in [5, 5.41) is 0. The van der Waals surface area contributed by atoms with Gasteiger partial charge in [0.15, 0.2) is 0 Å². The second-order valence-corrected chi connectivity index (χ2v) is 4.79. The lowest BCUT2D eigenvalue weighted by atomic mass is 9.80. The summed E-state index contributed by atoms with van der Waals surface area (Å²) in [6.07, 6.45) is 0.819. The molecule has 0 radical (unpaired) electrons. The van der Waals surface area contributed by atoms with Crippen molar-refractivity contribution < 1.29 is 19.1 Å². The third-order valence-electron chi connectivity index (χ3n) is 3.64. The minimum Gasteiger partial charge on any atom is -0.465 e. The molecule has 5 nitrogen and oxygen atoms in total. The summed E-state index contributed by atoms with van der Waals surface area (Å²) in [5.74, 6) is -0.602. The Balaban J connectivity index is 2.59. The van der Waals surface area contributed by atoms with Crippen molar-refractivity contribution in [3.8, 4) is 0 Å². The highest BCUT2D eigenvalue weighted by atomic mass is 16.5. The normalized spacial score (nSPS) is 21.2. The summed E-state index contributed by atoms with van der Waals surface area (Å²) in [7, 11) is 2.96. The van der Waals surface area contributed by atoms with E-state index in [0.29, 0.717) is 11.1 Å². The molecule has 1 aliphatic heterocycles. The highest BCUT2D eigenvalue weighted by Crippen LogP contribution is 2.43. The molecule has 1 aromatic rings. The monoisotopic (exact) mass is 261 g/mol. The number of hydrogen-bond acceptors (Lipinski definition) is 4. The number of carbonyl (C=O) groups excluding carboxylic acids is 3. The number of rotatable bonds is 3. The average Bonchev–Trinajstić information content (AvgIpc) is 2.60.